The Bertz CT molecular complexity index is 1080. The van der Waals surface area contributed by atoms with Crippen molar-refractivity contribution in [3.05, 3.63) is 40.8 Å². The fourth-order valence-electron chi connectivity index (χ4n) is 6.57. The summed E-state index contributed by atoms with van der Waals surface area (Å²) in [5.74, 6) is -0.234. The highest BCUT2D eigenvalue weighted by atomic mass is 32.1. The third-order valence-electron chi connectivity index (χ3n) is 9.34. The van der Waals surface area contributed by atoms with Gasteiger partial charge in [-0.2, -0.15) is 0 Å². The molecule has 1 aliphatic rings. The molecular formula is C38H59NO3S. The molecule has 1 aromatic carbocycles. The molecule has 1 amide bonds. The van der Waals surface area contributed by atoms with E-state index in [4.69, 9.17) is 0 Å². The minimum atomic E-state index is -0.962. The summed E-state index contributed by atoms with van der Waals surface area (Å²) in [4.78, 5) is 28.8. The van der Waals surface area contributed by atoms with E-state index in [1.807, 2.05) is 19.9 Å². The largest absolute Gasteiger partial charge is 0.477 e. The third kappa shape index (κ3) is 11.7. The molecule has 2 aromatic rings. The fourth-order valence-corrected chi connectivity index (χ4v) is 7.56. The van der Waals surface area contributed by atoms with E-state index in [1.54, 1.807) is 4.90 Å². The lowest BCUT2D eigenvalue weighted by Gasteiger charge is -2.33. The quantitative estimate of drug-likeness (QED) is 0.152. The maximum absolute atomic E-state index is 13.6. The zero-order valence-corrected chi connectivity index (χ0v) is 28.5. The van der Waals surface area contributed by atoms with Gasteiger partial charge in [0.1, 0.15) is 4.88 Å². The van der Waals surface area contributed by atoms with Crippen molar-refractivity contribution in [1.29, 1.82) is 0 Å². The maximum atomic E-state index is 13.6. The number of anilines is 1. The number of aromatic carboxylic acids is 1. The van der Waals surface area contributed by atoms with Crippen molar-refractivity contribution in [1.82, 2.24) is 0 Å². The molecule has 1 N–H and O–H groups in total. The number of rotatable bonds is 20. The smallest absolute Gasteiger partial charge is 0.348 e. The second-order valence-electron chi connectivity index (χ2n) is 13.4. The van der Waals surface area contributed by atoms with E-state index in [2.05, 4.69) is 38.1 Å². The summed E-state index contributed by atoms with van der Waals surface area (Å²) < 4.78 is 0. The predicted molar refractivity (Wildman–Crippen MR) is 184 cm³/mol. The van der Waals surface area contributed by atoms with Crippen LogP contribution in [0.4, 0.5) is 5.69 Å². The Morgan fingerprint density at radius 1 is 0.814 bits per heavy atom. The summed E-state index contributed by atoms with van der Waals surface area (Å²) in [5.41, 5.74) is 2.91. The standard InChI is InChI=1S/C38H59NO3S/c1-5-6-7-8-9-10-11-12-13-14-15-16-17-18-19-31-22-26-32(27-23-31)35-28-34(36(43-35)38(41)42)39(29(2)3)37(40)33-24-20-30(4)21-25-33/h22-23,26-30,33H,5-21,24-25H2,1-4H3,(H,41,42). The van der Waals surface area contributed by atoms with Gasteiger partial charge in [0.15, 0.2) is 0 Å². The summed E-state index contributed by atoms with van der Waals surface area (Å²) in [6.45, 7) is 8.50. The lowest BCUT2D eigenvalue weighted by molar-refractivity contribution is -0.123. The molecule has 1 heterocycles. The second kappa shape index (κ2) is 19.3. The fraction of sp³-hybridized carbons (Fsp3) is 0.684. The number of hydrogen-bond donors (Lipinski definition) is 1. The summed E-state index contributed by atoms with van der Waals surface area (Å²) in [7, 11) is 0. The van der Waals surface area contributed by atoms with Crippen molar-refractivity contribution in [2.45, 2.75) is 156 Å². The summed E-state index contributed by atoms with van der Waals surface area (Å²) in [5, 5.41) is 10.1. The van der Waals surface area contributed by atoms with Crippen molar-refractivity contribution >= 4 is 28.9 Å². The first kappa shape index (κ1) is 35.3. The molecule has 3 rings (SSSR count). The van der Waals surface area contributed by atoms with E-state index in [1.165, 1.54) is 107 Å². The lowest BCUT2D eigenvalue weighted by Crippen LogP contribution is -2.42. The molecule has 5 heteroatoms. The molecule has 4 nitrogen and oxygen atoms in total. The molecule has 0 spiro atoms. The van der Waals surface area contributed by atoms with Gasteiger partial charge in [-0.15, -0.1) is 11.3 Å². The summed E-state index contributed by atoms with van der Waals surface area (Å²) in [6.07, 6.45) is 24.2. The molecule has 0 atom stereocenters. The second-order valence-corrected chi connectivity index (χ2v) is 14.5. The van der Waals surface area contributed by atoms with Crippen LogP contribution in [0.3, 0.4) is 0 Å². The highest BCUT2D eigenvalue weighted by Gasteiger charge is 2.33. The summed E-state index contributed by atoms with van der Waals surface area (Å²) >= 11 is 1.28. The molecule has 240 valence electrons. The highest BCUT2D eigenvalue weighted by molar-refractivity contribution is 7.18. The maximum Gasteiger partial charge on any atom is 0.348 e. The lowest BCUT2D eigenvalue weighted by atomic mass is 9.82. The topological polar surface area (TPSA) is 57.6 Å². The van der Waals surface area contributed by atoms with Gasteiger partial charge in [-0.3, -0.25) is 4.79 Å². The van der Waals surface area contributed by atoms with Crippen LogP contribution in [0.5, 0.6) is 0 Å². The Balaban J connectivity index is 1.45. The first-order valence-electron chi connectivity index (χ1n) is 17.6. The Kier molecular flexibility index (Phi) is 15.9. The van der Waals surface area contributed by atoms with E-state index in [0.29, 0.717) is 11.6 Å². The number of carboxylic acids is 1. The average molecular weight is 610 g/mol. The Labute approximate surface area is 266 Å². The van der Waals surface area contributed by atoms with Crippen molar-refractivity contribution in [2.75, 3.05) is 4.90 Å². The number of benzene rings is 1. The van der Waals surface area contributed by atoms with Gasteiger partial charge >= 0.3 is 5.97 Å². The van der Waals surface area contributed by atoms with Gasteiger partial charge in [-0.25, -0.2) is 4.79 Å². The number of nitrogens with zero attached hydrogens (tertiary/aromatic N) is 1. The first-order valence-corrected chi connectivity index (χ1v) is 18.4. The van der Waals surface area contributed by atoms with Crippen LogP contribution in [0.1, 0.15) is 159 Å². The van der Waals surface area contributed by atoms with Gasteiger partial charge in [-0.1, -0.05) is 122 Å². The van der Waals surface area contributed by atoms with E-state index in [-0.39, 0.29) is 22.7 Å². The summed E-state index contributed by atoms with van der Waals surface area (Å²) in [6, 6.07) is 10.4. The zero-order valence-electron chi connectivity index (χ0n) is 27.7. The van der Waals surface area contributed by atoms with Gasteiger partial charge in [-0.05, 0) is 75.5 Å². The van der Waals surface area contributed by atoms with Crippen LogP contribution in [0.25, 0.3) is 10.4 Å². The van der Waals surface area contributed by atoms with Gasteiger partial charge < -0.3 is 10.0 Å². The average Bonchev–Trinajstić information content (AvgIpc) is 3.43. The van der Waals surface area contributed by atoms with E-state index in [9.17, 15) is 14.7 Å². The van der Waals surface area contributed by atoms with Crippen LogP contribution in [0.15, 0.2) is 30.3 Å². The third-order valence-corrected chi connectivity index (χ3v) is 10.5. The van der Waals surface area contributed by atoms with E-state index >= 15 is 0 Å². The molecule has 1 aliphatic carbocycles. The van der Waals surface area contributed by atoms with E-state index in [0.717, 1.165) is 42.5 Å². The molecule has 43 heavy (non-hydrogen) atoms. The predicted octanol–water partition coefficient (Wildman–Crippen LogP) is 11.7. The molecule has 0 saturated heterocycles. The SMILES string of the molecule is CCCCCCCCCCCCCCCCc1ccc(-c2cc(N(C(=O)C3CCC(C)CC3)C(C)C)c(C(=O)O)s2)cc1. The Morgan fingerprint density at radius 2 is 1.33 bits per heavy atom. The molecule has 1 fully saturated rings. The number of unbranched alkanes of at least 4 members (excludes halogenated alkanes) is 13. The van der Waals surface area contributed by atoms with E-state index < -0.39 is 5.97 Å². The van der Waals surface area contributed by atoms with Crippen molar-refractivity contribution in [2.24, 2.45) is 11.8 Å². The Hall–Kier alpha value is -2.14. The normalized spacial score (nSPS) is 17.0. The number of aryl methyl sites for hydroxylation is 1. The monoisotopic (exact) mass is 609 g/mol. The Morgan fingerprint density at radius 3 is 1.81 bits per heavy atom. The van der Waals surface area contributed by atoms with Gasteiger partial charge in [0, 0.05) is 16.8 Å². The van der Waals surface area contributed by atoms with Crippen LogP contribution < -0.4 is 4.90 Å². The zero-order chi connectivity index (χ0) is 31.0. The van der Waals surface area contributed by atoms with Crippen LogP contribution in [-0.2, 0) is 11.2 Å². The minimum absolute atomic E-state index is 0.0159. The van der Waals surface area contributed by atoms with Crippen molar-refractivity contribution in [3.63, 3.8) is 0 Å². The van der Waals surface area contributed by atoms with Gasteiger partial charge in [0.05, 0.1) is 5.69 Å². The molecular weight excluding hydrogens is 550 g/mol. The van der Waals surface area contributed by atoms with Crippen molar-refractivity contribution < 1.29 is 14.7 Å². The molecule has 0 radical (unpaired) electrons. The molecule has 0 unspecified atom stereocenters. The number of carboxylic acid groups (broad SMARTS) is 1. The van der Waals surface area contributed by atoms with Gasteiger partial charge in [0.25, 0.3) is 0 Å². The number of hydrogen-bond acceptors (Lipinski definition) is 3. The van der Waals surface area contributed by atoms with Crippen LogP contribution >= 0.6 is 11.3 Å². The highest BCUT2D eigenvalue weighted by Crippen LogP contribution is 2.40. The minimum Gasteiger partial charge on any atom is -0.477 e. The number of amides is 1. The van der Waals surface area contributed by atoms with Crippen LogP contribution in [0.2, 0.25) is 0 Å². The van der Waals surface area contributed by atoms with Crippen LogP contribution in [0, 0.1) is 11.8 Å². The molecule has 0 aliphatic heterocycles. The molecule has 0 bridgehead atoms. The molecule has 1 aromatic heterocycles. The van der Waals surface area contributed by atoms with Gasteiger partial charge in [0.2, 0.25) is 5.91 Å². The molecule has 1 saturated carbocycles. The number of carbonyl (C=O) groups excluding carboxylic acids is 1. The first-order chi connectivity index (χ1) is 20.8. The number of thiophene rings is 1. The van der Waals surface area contributed by atoms with Crippen molar-refractivity contribution in [3.8, 4) is 10.4 Å². The van der Waals surface area contributed by atoms with Crippen LogP contribution in [-0.4, -0.2) is 23.0 Å². The number of carbonyl (C=O) groups is 2.